The second-order valence-corrected chi connectivity index (χ2v) is 6.96. The zero-order valence-electron chi connectivity index (χ0n) is 13.9. The molecule has 1 N–H and O–H groups in total. The van der Waals surface area contributed by atoms with E-state index in [9.17, 15) is 4.79 Å². The van der Waals surface area contributed by atoms with Crippen LogP contribution in [0.15, 0.2) is 0 Å². The van der Waals surface area contributed by atoms with E-state index in [1.54, 1.807) is 0 Å². The van der Waals surface area contributed by atoms with Gasteiger partial charge in [0.05, 0.1) is 19.1 Å². The lowest BCUT2D eigenvalue weighted by Crippen LogP contribution is -2.46. The van der Waals surface area contributed by atoms with Gasteiger partial charge in [0.2, 0.25) is 5.91 Å². The van der Waals surface area contributed by atoms with Crippen molar-refractivity contribution in [3.63, 3.8) is 0 Å². The van der Waals surface area contributed by atoms with Gasteiger partial charge in [-0.1, -0.05) is 20.8 Å². The van der Waals surface area contributed by atoms with Gasteiger partial charge in [0.1, 0.15) is 0 Å². The average molecular weight is 296 g/mol. The van der Waals surface area contributed by atoms with E-state index in [-0.39, 0.29) is 12.0 Å². The van der Waals surface area contributed by atoms with Crippen LogP contribution < -0.4 is 5.32 Å². The molecule has 0 aliphatic carbocycles. The number of hydrogen-bond acceptors (Lipinski definition) is 3. The molecule has 3 unspecified atom stereocenters. The van der Waals surface area contributed by atoms with Crippen LogP contribution in [0.4, 0.5) is 0 Å². The number of carbonyl (C=O) groups excluding carboxylic acids is 1. The third-order valence-electron chi connectivity index (χ3n) is 5.08. The normalized spacial score (nSPS) is 30.7. The molecule has 2 aliphatic heterocycles. The van der Waals surface area contributed by atoms with Gasteiger partial charge >= 0.3 is 0 Å². The number of nitrogens with one attached hydrogen (secondary N) is 1. The predicted octanol–water partition coefficient (Wildman–Crippen LogP) is 2.29. The maximum absolute atomic E-state index is 12.8. The lowest BCUT2D eigenvalue weighted by atomic mass is 9.89. The summed E-state index contributed by atoms with van der Waals surface area (Å²) in [7, 11) is 0. The van der Waals surface area contributed by atoms with Gasteiger partial charge in [0, 0.05) is 19.1 Å². The van der Waals surface area contributed by atoms with E-state index in [0.29, 0.717) is 19.1 Å². The van der Waals surface area contributed by atoms with Crippen molar-refractivity contribution >= 4 is 5.91 Å². The highest BCUT2D eigenvalue weighted by molar-refractivity contribution is 5.80. The fourth-order valence-electron chi connectivity index (χ4n) is 3.57. The lowest BCUT2D eigenvalue weighted by molar-refractivity contribution is -0.136. The van der Waals surface area contributed by atoms with E-state index in [0.717, 1.165) is 50.7 Å². The van der Waals surface area contributed by atoms with Crippen LogP contribution in [0.3, 0.4) is 0 Å². The summed E-state index contributed by atoms with van der Waals surface area (Å²) in [6.07, 6.45) is 4.66. The molecule has 2 saturated heterocycles. The molecule has 0 aromatic rings. The Bertz CT molecular complexity index is 333. The predicted molar refractivity (Wildman–Crippen MR) is 85.1 cm³/mol. The number of rotatable bonds is 5. The van der Waals surface area contributed by atoms with Crippen molar-refractivity contribution in [2.24, 2.45) is 17.8 Å². The first-order valence-electron chi connectivity index (χ1n) is 8.73. The third kappa shape index (κ3) is 4.43. The molecule has 2 aliphatic rings. The number of likely N-dealkylation sites (tertiary alicyclic amines) is 1. The lowest BCUT2D eigenvalue weighted by Gasteiger charge is -2.27. The van der Waals surface area contributed by atoms with Crippen LogP contribution in [-0.2, 0) is 9.53 Å². The van der Waals surface area contributed by atoms with Crippen molar-refractivity contribution in [3.05, 3.63) is 0 Å². The number of amides is 1. The van der Waals surface area contributed by atoms with Crippen molar-refractivity contribution < 1.29 is 9.53 Å². The standard InChI is InChI=1S/C17H32N2O2/c1-4-8-18-16-12-21-11-15(16)17(20)19-9-5-6-14(7-10-19)13(2)3/h13-16,18H,4-12H2,1-3H3. The topological polar surface area (TPSA) is 41.6 Å². The molecule has 2 rings (SSSR count). The van der Waals surface area contributed by atoms with Crippen LogP contribution in [0.2, 0.25) is 0 Å². The molecule has 122 valence electrons. The van der Waals surface area contributed by atoms with Gasteiger partial charge in [-0.25, -0.2) is 0 Å². The smallest absolute Gasteiger partial charge is 0.229 e. The minimum absolute atomic E-state index is 0.0205. The zero-order chi connectivity index (χ0) is 15.2. The van der Waals surface area contributed by atoms with Crippen molar-refractivity contribution in [3.8, 4) is 0 Å². The summed E-state index contributed by atoms with van der Waals surface area (Å²) in [5.74, 6) is 1.84. The highest BCUT2D eigenvalue weighted by atomic mass is 16.5. The van der Waals surface area contributed by atoms with Crippen molar-refractivity contribution in [2.75, 3.05) is 32.8 Å². The maximum atomic E-state index is 12.8. The quantitative estimate of drug-likeness (QED) is 0.846. The van der Waals surface area contributed by atoms with E-state index in [1.807, 2.05) is 0 Å². The first-order chi connectivity index (χ1) is 10.1. The van der Waals surface area contributed by atoms with Crippen molar-refractivity contribution in [1.29, 1.82) is 0 Å². The summed E-state index contributed by atoms with van der Waals surface area (Å²) >= 11 is 0. The number of hydrogen-bond donors (Lipinski definition) is 1. The first-order valence-corrected chi connectivity index (χ1v) is 8.73. The van der Waals surface area contributed by atoms with Crippen LogP contribution in [0, 0.1) is 17.8 Å². The summed E-state index contributed by atoms with van der Waals surface area (Å²) in [4.78, 5) is 14.9. The molecule has 2 heterocycles. The largest absolute Gasteiger partial charge is 0.379 e. The summed E-state index contributed by atoms with van der Waals surface area (Å²) in [6, 6.07) is 0.210. The van der Waals surface area contributed by atoms with Gasteiger partial charge in [-0.15, -0.1) is 0 Å². The third-order valence-corrected chi connectivity index (χ3v) is 5.08. The molecule has 0 aromatic heterocycles. The van der Waals surface area contributed by atoms with Gasteiger partial charge in [0.25, 0.3) is 0 Å². The molecule has 0 saturated carbocycles. The molecule has 1 amide bonds. The summed E-state index contributed by atoms with van der Waals surface area (Å²) in [6.45, 7) is 10.9. The van der Waals surface area contributed by atoms with Crippen LogP contribution in [0.1, 0.15) is 46.5 Å². The van der Waals surface area contributed by atoms with E-state index in [1.165, 1.54) is 6.42 Å². The molecule has 0 radical (unpaired) electrons. The molecular formula is C17H32N2O2. The van der Waals surface area contributed by atoms with E-state index in [2.05, 4.69) is 31.0 Å². The molecule has 0 aromatic carbocycles. The Morgan fingerprint density at radius 2 is 2.10 bits per heavy atom. The van der Waals surface area contributed by atoms with Gasteiger partial charge in [-0.2, -0.15) is 0 Å². The highest BCUT2D eigenvalue weighted by Crippen LogP contribution is 2.26. The Morgan fingerprint density at radius 3 is 2.81 bits per heavy atom. The van der Waals surface area contributed by atoms with Gasteiger partial charge < -0.3 is 15.0 Å². The summed E-state index contributed by atoms with van der Waals surface area (Å²) in [5, 5.41) is 3.47. The van der Waals surface area contributed by atoms with Gasteiger partial charge in [0.15, 0.2) is 0 Å². The Hall–Kier alpha value is -0.610. The minimum Gasteiger partial charge on any atom is -0.379 e. The molecule has 0 bridgehead atoms. The van der Waals surface area contributed by atoms with Crippen LogP contribution in [-0.4, -0.2) is 49.7 Å². The fraction of sp³-hybridized carbons (Fsp3) is 0.941. The molecule has 21 heavy (non-hydrogen) atoms. The second kappa shape index (κ2) is 8.14. The molecular weight excluding hydrogens is 264 g/mol. The zero-order valence-corrected chi connectivity index (χ0v) is 13.9. The molecule has 0 spiro atoms. The Morgan fingerprint density at radius 1 is 1.29 bits per heavy atom. The van der Waals surface area contributed by atoms with E-state index < -0.39 is 0 Å². The molecule has 4 nitrogen and oxygen atoms in total. The highest BCUT2D eigenvalue weighted by Gasteiger charge is 2.36. The van der Waals surface area contributed by atoms with Gasteiger partial charge in [-0.05, 0) is 44.1 Å². The maximum Gasteiger partial charge on any atom is 0.229 e. The van der Waals surface area contributed by atoms with Crippen LogP contribution in [0.25, 0.3) is 0 Å². The second-order valence-electron chi connectivity index (χ2n) is 6.96. The molecule has 4 heteroatoms. The monoisotopic (exact) mass is 296 g/mol. The van der Waals surface area contributed by atoms with Gasteiger partial charge in [-0.3, -0.25) is 4.79 Å². The average Bonchev–Trinajstić information content (AvgIpc) is 2.78. The Balaban J connectivity index is 1.89. The Labute approximate surface area is 129 Å². The summed E-state index contributed by atoms with van der Waals surface area (Å²) in [5.41, 5.74) is 0. The molecule has 2 fully saturated rings. The van der Waals surface area contributed by atoms with E-state index in [4.69, 9.17) is 4.74 Å². The van der Waals surface area contributed by atoms with Crippen LogP contribution >= 0.6 is 0 Å². The SMILES string of the molecule is CCCNC1COCC1C(=O)N1CCCC(C(C)C)CC1. The minimum atomic E-state index is 0.0205. The number of carbonyl (C=O) groups is 1. The van der Waals surface area contributed by atoms with Crippen LogP contribution in [0.5, 0.6) is 0 Å². The van der Waals surface area contributed by atoms with E-state index >= 15 is 0 Å². The Kier molecular flexibility index (Phi) is 6.49. The number of nitrogens with zero attached hydrogens (tertiary/aromatic N) is 1. The summed E-state index contributed by atoms with van der Waals surface area (Å²) < 4.78 is 5.56. The fourth-order valence-corrected chi connectivity index (χ4v) is 3.57. The van der Waals surface area contributed by atoms with Crippen molar-refractivity contribution in [2.45, 2.75) is 52.5 Å². The number of ether oxygens (including phenoxy) is 1. The first kappa shape index (κ1) is 16.8. The molecule has 3 atom stereocenters. The van der Waals surface area contributed by atoms with Crippen molar-refractivity contribution in [1.82, 2.24) is 10.2 Å².